The maximum atomic E-state index is 13.1. The molecule has 1 saturated heterocycles. The molecule has 2 aromatic heterocycles. The van der Waals surface area contributed by atoms with Crippen LogP contribution in [0.15, 0.2) is 35.2 Å². The van der Waals surface area contributed by atoms with Gasteiger partial charge in [0.05, 0.1) is 21.9 Å². The number of carbonyl (C=O) groups excluding carboxylic acids is 2. The van der Waals surface area contributed by atoms with Crippen LogP contribution in [0.2, 0.25) is 0 Å². The summed E-state index contributed by atoms with van der Waals surface area (Å²) in [6.45, 7) is 3.79. The van der Waals surface area contributed by atoms with Gasteiger partial charge in [0.1, 0.15) is 5.00 Å². The molecule has 2 amide bonds. The van der Waals surface area contributed by atoms with Crippen molar-refractivity contribution < 1.29 is 24.4 Å². The van der Waals surface area contributed by atoms with Crippen molar-refractivity contribution in [1.82, 2.24) is 9.47 Å². The van der Waals surface area contributed by atoms with E-state index >= 15 is 0 Å². The molecular formula is C26H23N3O6S2. The molecule has 190 valence electrons. The van der Waals surface area contributed by atoms with E-state index in [0.717, 1.165) is 69.7 Å². The molecule has 1 aliphatic carbocycles. The number of amides is 2. The number of rotatable bonds is 6. The van der Waals surface area contributed by atoms with E-state index in [1.54, 1.807) is 6.08 Å². The Morgan fingerprint density at radius 1 is 1.16 bits per heavy atom. The normalized spacial score (nSPS) is 16.5. The summed E-state index contributed by atoms with van der Waals surface area (Å²) in [6, 6.07) is 7.63. The molecule has 1 fully saturated rings. The van der Waals surface area contributed by atoms with Crippen molar-refractivity contribution in [3.63, 3.8) is 0 Å². The van der Waals surface area contributed by atoms with Gasteiger partial charge >= 0.3 is 5.97 Å². The number of carbonyl (C=O) groups is 3. The maximum Gasteiger partial charge on any atom is 0.339 e. The topological polar surface area (TPSA) is 123 Å². The van der Waals surface area contributed by atoms with E-state index in [0.29, 0.717) is 16.1 Å². The molecule has 0 saturated carbocycles. The highest BCUT2D eigenvalue weighted by molar-refractivity contribution is 8.18. The Balaban J connectivity index is 1.45. The minimum absolute atomic E-state index is 0.0156. The van der Waals surface area contributed by atoms with Crippen molar-refractivity contribution in [2.45, 2.75) is 46.1 Å². The van der Waals surface area contributed by atoms with Crippen molar-refractivity contribution in [2.24, 2.45) is 0 Å². The molecule has 0 spiro atoms. The summed E-state index contributed by atoms with van der Waals surface area (Å²) in [4.78, 5) is 50.8. The van der Waals surface area contributed by atoms with E-state index in [4.69, 9.17) is 0 Å². The minimum Gasteiger partial charge on any atom is -0.478 e. The molecule has 0 atom stereocenters. The maximum absolute atomic E-state index is 13.1. The first kappa shape index (κ1) is 25.0. The zero-order chi connectivity index (χ0) is 26.4. The number of carboxylic acids is 1. The Bertz CT molecular complexity index is 1500. The van der Waals surface area contributed by atoms with Crippen LogP contribution < -0.4 is 0 Å². The highest BCUT2D eigenvalue weighted by atomic mass is 32.2. The fraction of sp³-hybridized carbons (Fsp3) is 0.269. The van der Waals surface area contributed by atoms with Gasteiger partial charge in [-0.3, -0.25) is 24.6 Å². The fourth-order valence-electron chi connectivity index (χ4n) is 4.86. The van der Waals surface area contributed by atoms with Gasteiger partial charge < -0.3 is 9.67 Å². The van der Waals surface area contributed by atoms with E-state index in [-0.39, 0.29) is 17.1 Å². The summed E-state index contributed by atoms with van der Waals surface area (Å²) in [5.74, 6) is -1.37. The van der Waals surface area contributed by atoms with Crippen molar-refractivity contribution in [3.8, 4) is 5.00 Å². The van der Waals surface area contributed by atoms with Crippen LogP contribution >= 0.6 is 23.1 Å². The number of aryl methyl sites for hydroxylation is 2. The molecule has 3 aromatic rings. The molecule has 0 bridgehead atoms. The van der Waals surface area contributed by atoms with Crippen LogP contribution in [0.3, 0.4) is 0 Å². The zero-order valence-corrected chi connectivity index (χ0v) is 21.8. The van der Waals surface area contributed by atoms with E-state index in [1.807, 2.05) is 24.5 Å². The van der Waals surface area contributed by atoms with Gasteiger partial charge in [0.15, 0.2) is 0 Å². The molecule has 37 heavy (non-hydrogen) atoms. The van der Waals surface area contributed by atoms with Gasteiger partial charge in [-0.2, -0.15) is 0 Å². The highest BCUT2D eigenvalue weighted by Gasteiger charge is 2.35. The van der Waals surface area contributed by atoms with Gasteiger partial charge in [-0.05, 0) is 80.1 Å². The standard InChI is InChI=1S/C26H23N3O6S2/c1-14-11-17(15(2)28(14)24-22(25(31)32)19-5-3-4-6-20(19)36-24)12-21-23(30)27(26(33)37-21)13-16-7-9-18(10-8-16)29(34)35/h7-12H,3-6,13H2,1-2H3,(H,31,32)/b21-12-. The molecule has 5 rings (SSSR count). The summed E-state index contributed by atoms with van der Waals surface area (Å²) >= 11 is 2.36. The number of imide groups is 1. The lowest BCUT2D eigenvalue weighted by atomic mass is 9.95. The Labute approximate surface area is 220 Å². The number of carboxylic acid groups (broad SMARTS) is 1. The van der Waals surface area contributed by atoms with E-state index in [1.165, 1.54) is 35.6 Å². The number of non-ortho nitro benzene ring substituents is 1. The number of aromatic carboxylic acids is 1. The van der Waals surface area contributed by atoms with Crippen molar-refractivity contribution in [2.75, 3.05) is 0 Å². The van der Waals surface area contributed by atoms with Crippen LogP contribution in [0, 0.1) is 24.0 Å². The van der Waals surface area contributed by atoms with Crippen LogP contribution in [0.5, 0.6) is 0 Å². The average molecular weight is 538 g/mol. The smallest absolute Gasteiger partial charge is 0.339 e. The van der Waals surface area contributed by atoms with Crippen molar-refractivity contribution in [3.05, 3.63) is 83.9 Å². The number of thiophene rings is 1. The predicted molar refractivity (Wildman–Crippen MR) is 141 cm³/mol. The number of nitro groups is 1. The molecule has 3 heterocycles. The van der Waals surface area contributed by atoms with E-state index in [2.05, 4.69) is 0 Å². The Kier molecular flexibility index (Phi) is 6.50. The molecule has 1 N–H and O–H groups in total. The molecule has 9 nitrogen and oxygen atoms in total. The Morgan fingerprint density at radius 3 is 2.54 bits per heavy atom. The monoisotopic (exact) mass is 537 g/mol. The largest absolute Gasteiger partial charge is 0.478 e. The number of aromatic nitrogens is 1. The third-order valence-electron chi connectivity index (χ3n) is 6.69. The molecule has 1 aliphatic heterocycles. The number of benzene rings is 1. The SMILES string of the molecule is Cc1cc(/C=C2\SC(=O)N(Cc3ccc([N+](=O)[O-])cc3)C2=O)c(C)n1-c1sc2c(c1C(=O)O)CCCC2. The first-order chi connectivity index (χ1) is 17.7. The lowest BCUT2D eigenvalue weighted by Gasteiger charge is -2.12. The molecule has 2 aliphatic rings. The molecule has 11 heteroatoms. The number of hydrogen-bond acceptors (Lipinski definition) is 7. The van der Waals surface area contributed by atoms with Gasteiger partial charge in [-0.25, -0.2) is 4.79 Å². The summed E-state index contributed by atoms with van der Waals surface area (Å²) in [6.07, 6.45) is 5.36. The minimum atomic E-state index is -0.934. The van der Waals surface area contributed by atoms with Gasteiger partial charge in [0.25, 0.3) is 16.8 Å². The summed E-state index contributed by atoms with van der Waals surface area (Å²) in [7, 11) is 0. The van der Waals surface area contributed by atoms with Gasteiger partial charge in [0.2, 0.25) is 0 Å². The second-order valence-corrected chi connectivity index (χ2v) is 11.1. The summed E-state index contributed by atoms with van der Waals surface area (Å²) in [5, 5.41) is 21.1. The Morgan fingerprint density at radius 2 is 1.86 bits per heavy atom. The lowest BCUT2D eigenvalue weighted by molar-refractivity contribution is -0.384. The van der Waals surface area contributed by atoms with Crippen LogP contribution in [-0.2, 0) is 24.2 Å². The first-order valence-electron chi connectivity index (χ1n) is 11.7. The Hall–Kier alpha value is -3.70. The summed E-state index contributed by atoms with van der Waals surface area (Å²) in [5.41, 5.74) is 4.20. The number of hydrogen-bond donors (Lipinski definition) is 1. The van der Waals surface area contributed by atoms with Gasteiger partial charge in [0, 0.05) is 28.4 Å². The van der Waals surface area contributed by atoms with Crippen LogP contribution in [0.25, 0.3) is 11.1 Å². The number of nitro benzene ring substituents is 1. The number of fused-ring (bicyclic) bond motifs is 1. The predicted octanol–water partition coefficient (Wildman–Crippen LogP) is 5.88. The average Bonchev–Trinajstić information content (AvgIpc) is 3.46. The zero-order valence-electron chi connectivity index (χ0n) is 20.1. The second-order valence-electron chi connectivity index (χ2n) is 9.05. The first-order valence-corrected chi connectivity index (χ1v) is 13.3. The molecule has 1 aromatic carbocycles. The summed E-state index contributed by atoms with van der Waals surface area (Å²) < 4.78 is 1.93. The van der Waals surface area contributed by atoms with E-state index < -0.39 is 22.0 Å². The van der Waals surface area contributed by atoms with Crippen LogP contribution in [0.4, 0.5) is 10.5 Å². The van der Waals surface area contributed by atoms with E-state index in [9.17, 15) is 29.6 Å². The number of thioether (sulfide) groups is 1. The molecule has 0 unspecified atom stereocenters. The van der Waals surface area contributed by atoms with Gasteiger partial charge in [-0.15, -0.1) is 11.3 Å². The fourth-order valence-corrected chi connectivity index (χ4v) is 7.18. The van der Waals surface area contributed by atoms with Crippen molar-refractivity contribution >= 4 is 52.0 Å². The van der Waals surface area contributed by atoms with Gasteiger partial charge in [-0.1, -0.05) is 12.1 Å². The molecular weight excluding hydrogens is 514 g/mol. The lowest BCUT2D eigenvalue weighted by Crippen LogP contribution is -2.27. The second kappa shape index (κ2) is 9.64. The van der Waals surface area contributed by atoms with Crippen LogP contribution in [-0.4, -0.2) is 36.6 Å². The highest BCUT2D eigenvalue weighted by Crippen LogP contribution is 2.40. The van der Waals surface area contributed by atoms with Crippen molar-refractivity contribution in [1.29, 1.82) is 0 Å². The van der Waals surface area contributed by atoms with Crippen LogP contribution in [0.1, 0.15) is 56.2 Å². The quantitative estimate of drug-likeness (QED) is 0.237. The third-order valence-corrected chi connectivity index (χ3v) is 8.87. The number of nitrogens with zero attached hydrogens (tertiary/aromatic N) is 3. The molecule has 0 radical (unpaired) electrons. The third kappa shape index (κ3) is 4.49.